The second-order valence-electron chi connectivity index (χ2n) is 9.61. The van der Waals surface area contributed by atoms with Gasteiger partial charge < -0.3 is 92.7 Å². The Morgan fingerprint density at radius 1 is 0.345 bits per heavy atom. The summed E-state index contributed by atoms with van der Waals surface area (Å²) in [6.07, 6.45) is 0. The maximum atomic E-state index is 10.4. The lowest BCUT2D eigenvalue weighted by atomic mass is 10.2. The van der Waals surface area contributed by atoms with Crippen LogP contribution in [0.1, 0.15) is 55.3 Å². The van der Waals surface area contributed by atoms with Crippen molar-refractivity contribution in [3.8, 4) is 46.0 Å². The first-order valence-electron chi connectivity index (χ1n) is 14.5. The molecule has 0 radical (unpaired) electrons. The topological polar surface area (TPSA) is 490 Å². The van der Waals surface area contributed by atoms with Crippen LogP contribution in [-0.4, -0.2) is 132 Å². The molecule has 4 aromatic rings. The van der Waals surface area contributed by atoms with E-state index in [2.05, 4.69) is 9.47 Å². The fourth-order valence-electron chi connectivity index (χ4n) is 3.25. The smallest absolute Gasteiger partial charge is 0.417 e. The van der Waals surface area contributed by atoms with Crippen LogP contribution in [0.2, 0.25) is 0 Å². The summed E-state index contributed by atoms with van der Waals surface area (Å²) in [5.41, 5.74) is -0.546. The Bertz CT molecular complexity index is 1600. The summed E-state index contributed by atoms with van der Waals surface area (Å²) >= 11 is 0. The molecule has 20 N–H and O–H groups in total. The summed E-state index contributed by atoms with van der Waals surface area (Å²) in [5.74, 6) is -8.68. The number of carbonyl (C=O) groups excluding carboxylic acids is 2. The summed E-state index contributed by atoms with van der Waals surface area (Å²) < 4.78 is 8.69. The monoisotopic (exact) mass is 834 g/mol. The molecule has 0 amide bonds. The van der Waals surface area contributed by atoms with Crippen molar-refractivity contribution >= 4 is 35.8 Å². The first-order chi connectivity index (χ1) is 25.1. The van der Waals surface area contributed by atoms with Gasteiger partial charge in [-0.3, -0.25) is 0 Å². The number of phenols is 8. The van der Waals surface area contributed by atoms with Crippen molar-refractivity contribution in [1.82, 2.24) is 0 Å². The van der Waals surface area contributed by atoms with Gasteiger partial charge in [-0.25, -0.2) is 28.8 Å². The third-order valence-corrected chi connectivity index (χ3v) is 5.32. The van der Waals surface area contributed by atoms with Crippen molar-refractivity contribution in [3.63, 3.8) is 0 Å². The van der Waals surface area contributed by atoms with Crippen LogP contribution >= 0.6 is 0 Å². The van der Waals surface area contributed by atoms with Crippen LogP contribution in [-0.2, 0) is 19.1 Å². The minimum atomic E-state index is -1.18. The molecule has 0 fully saturated rings. The molecule has 0 atom stereocenters. The highest BCUT2D eigenvalue weighted by molar-refractivity contribution is 6.29. The number of carbonyl (C=O) groups is 6. The molecule has 0 aromatic heterocycles. The Balaban J connectivity index is -0.000000199. The molecule has 0 saturated heterocycles. The zero-order chi connectivity index (χ0) is 41.7. The van der Waals surface area contributed by atoms with Crippen LogP contribution in [0.3, 0.4) is 0 Å². The third kappa shape index (κ3) is 24.3. The maximum absolute atomic E-state index is 10.4. The average molecular weight is 835 g/mol. The van der Waals surface area contributed by atoms with Crippen LogP contribution in [0.5, 0.6) is 46.0 Å². The number of aromatic carboxylic acids is 4. The number of rotatable bonds is 6. The molecule has 58 heavy (non-hydrogen) atoms. The molecule has 24 nitrogen and oxygen atoms in total. The molecule has 0 heterocycles. The summed E-state index contributed by atoms with van der Waals surface area (Å²) in [5, 5.41) is 104. The lowest BCUT2D eigenvalue weighted by Crippen LogP contribution is -2.19. The zero-order valence-electron chi connectivity index (χ0n) is 30.0. The average Bonchev–Trinajstić information content (AvgIpc) is 3.04. The predicted octanol–water partition coefficient (Wildman–Crippen LogP) is -0.00220. The lowest BCUT2D eigenvalue weighted by molar-refractivity contribution is -0.167. The second kappa shape index (κ2) is 29.3. The summed E-state index contributed by atoms with van der Waals surface area (Å²) in [6.45, 7) is 3.63. The molecule has 0 aliphatic heterocycles. The number of hydrogen-bond acceptors (Lipinski definition) is 16. The highest BCUT2D eigenvalue weighted by Crippen LogP contribution is 2.22. The first kappa shape index (κ1) is 59.2. The molecule has 0 aliphatic rings. The Hall–Kier alpha value is -8.06. The molecule has 322 valence electrons. The van der Waals surface area contributed by atoms with Crippen LogP contribution in [0, 0.1) is 0 Å². The van der Waals surface area contributed by atoms with Gasteiger partial charge in [0.2, 0.25) is 0 Å². The number of benzene rings is 4. The summed E-state index contributed by atoms with van der Waals surface area (Å²) in [4.78, 5) is 62.0. The van der Waals surface area contributed by atoms with Gasteiger partial charge in [-0.15, -0.1) is 0 Å². The van der Waals surface area contributed by atoms with E-state index in [4.69, 9.17) is 61.3 Å². The van der Waals surface area contributed by atoms with Gasteiger partial charge in [0, 0.05) is 24.3 Å². The van der Waals surface area contributed by atoms with E-state index in [-0.39, 0.29) is 103 Å². The number of carboxylic acid groups (broad SMARTS) is 4. The Labute approximate surface area is 325 Å². The Kier molecular flexibility index (Phi) is 29.9. The molecule has 0 unspecified atom stereocenters. The molecule has 0 bridgehead atoms. The summed E-state index contributed by atoms with van der Waals surface area (Å²) in [7, 11) is 0. The van der Waals surface area contributed by atoms with Gasteiger partial charge in [-0.2, -0.15) is 0 Å². The van der Waals surface area contributed by atoms with Crippen LogP contribution < -0.4 is 0 Å². The number of carboxylic acids is 4. The van der Waals surface area contributed by atoms with Gasteiger partial charge in [0.15, 0.2) is 0 Å². The fraction of sp³-hybridized carbons (Fsp3) is 0.118. The van der Waals surface area contributed by atoms with Gasteiger partial charge in [0.1, 0.15) is 46.0 Å². The van der Waals surface area contributed by atoms with Gasteiger partial charge in [-0.1, -0.05) is 0 Å². The molecule has 24 heteroatoms. The molecular weight excluding hydrogens is 792 g/mol. The van der Waals surface area contributed by atoms with Crippen molar-refractivity contribution in [2.24, 2.45) is 0 Å². The second-order valence-corrected chi connectivity index (χ2v) is 9.61. The lowest BCUT2D eigenvalue weighted by Gasteiger charge is -1.99. The molecule has 4 aromatic carbocycles. The Morgan fingerprint density at radius 2 is 0.483 bits per heavy atom. The summed E-state index contributed by atoms with van der Waals surface area (Å²) in [6, 6.07) is 12.7. The fourth-order valence-corrected chi connectivity index (χ4v) is 3.25. The minimum Gasteiger partial charge on any atom is -0.508 e. The largest absolute Gasteiger partial charge is 0.508 e. The zero-order valence-corrected chi connectivity index (χ0v) is 30.0. The van der Waals surface area contributed by atoms with E-state index < -0.39 is 35.8 Å². The van der Waals surface area contributed by atoms with Crippen molar-refractivity contribution in [2.75, 3.05) is 13.2 Å². The number of phenolic OH excluding ortho intramolecular Hbond substituents is 8. The van der Waals surface area contributed by atoms with Gasteiger partial charge in [-0.05, 0) is 62.4 Å². The maximum Gasteiger partial charge on any atom is 0.417 e. The van der Waals surface area contributed by atoms with Crippen molar-refractivity contribution in [2.45, 2.75) is 13.8 Å². The van der Waals surface area contributed by atoms with Crippen molar-refractivity contribution < 1.29 is 121 Å². The van der Waals surface area contributed by atoms with Crippen LogP contribution in [0.25, 0.3) is 0 Å². The molecule has 0 saturated carbocycles. The van der Waals surface area contributed by atoms with Gasteiger partial charge in [0.25, 0.3) is 0 Å². The number of esters is 2. The highest BCUT2D eigenvalue weighted by Gasteiger charge is 2.14. The van der Waals surface area contributed by atoms with E-state index in [0.717, 1.165) is 72.8 Å². The number of aromatic hydroxyl groups is 8. The quantitative estimate of drug-likeness (QED) is 0.0898. The van der Waals surface area contributed by atoms with Gasteiger partial charge >= 0.3 is 35.8 Å². The predicted molar refractivity (Wildman–Crippen MR) is 195 cm³/mol. The van der Waals surface area contributed by atoms with Crippen molar-refractivity contribution in [3.05, 3.63) is 95.1 Å². The van der Waals surface area contributed by atoms with E-state index in [1.807, 2.05) is 0 Å². The van der Waals surface area contributed by atoms with E-state index in [1.165, 1.54) is 0 Å². The number of hydrogen-bond donors (Lipinski definition) is 12. The number of ether oxygens (including phenoxy) is 2. The van der Waals surface area contributed by atoms with Crippen molar-refractivity contribution in [1.29, 1.82) is 0 Å². The van der Waals surface area contributed by atoms with Gasteiger partial charge in [0.05, 0.1) is 35.5 Å². The standard InChI is InChI=1S/4C7H6O4.C6H10O4.4H2O/c4*8-5-1-4(7(10)11)2-6(9)3-5;1-3-9-5(7)6(8)10-4-2;;;;/h4*1-3,8-9H,(H,10,11);3-4H2,1-2H3;4*1H2. The SMILES string of the molecule is CCOC(=O)C(=O)OCC.O.O.O.O.O=C(O)c1cc(O)cc(O)c1.O=C(O)c1cc(O)cc(O)c1.O=C(O)c1cc(O)cc(O)c1.O=C(O)c1cc(O)cc(O)c1. The molecule has 4 rings (SSSR count). The first-order valence-corrected chi connectivity index (χ1v) is 14.5. The third-order valence-electron chi connectivity index (χ3n) is 5.32. The highest BCUT2D eigenvalue weighted by atomic mass is 16.6. The molecule has 0 aliphatic carbocycles. The van der Waals surface area contributed by atoms with E-state index in [1.54, 1.807) is 13.8 Å². The minimum absolute atomic E-state index is 0. The Morgan fingerprint density at radius 3 is 0.586 bits per heavy atom. The molecular formula is C34H42O24. The van der Waals surface area contributed by atoms with Crippen LogP contribution in [0.4, 0.5) is 0 Å². The normalized spacial score (nSPS) is 8.66. The molecule has 0 spiro atoms. The van der Waals surface area contributed by atoms with Crippen LogP contribution in [0.15, 0.2) is 72.8 Å². The van der Waals surface area contributed by atoms with E-state index in [9.17, 15) is 28.8 Å². The van der Waals surface area contributed by atoms with E-state index >= 15 is 0 Å². The van der Waals surface area contributed by atoms with E-state index in [0.29, 0.717) is 0 Å².